The summed E-state index contributed by atoms with van der Waals surface area (Å²) in [6.07, 6.45) is 0. The highest BCUT2D eigenvalue weighted by Gasteiger charge is 2.09. The van der Waals surface area contributed by atoms with Crippen LogP contribution in [0.4, 0.5) is 4.39 Å². The van der Waals surface area contributed by atoms with Crippen LogP contribution < -0.4 is 0 Å². The SMILES string of the molecule is CCOC(=O)c1ccc(-c2ccc(F)cc2)[nH]1. The Labute approximate surface area is 98.2 Å². The minimum atomic E-state index is -0.388. The van der Waals surface area contributed by atoms with Crippen LogP contribution in [-0.4, -0.2) is 17.6 Å². The van der Waals surface area contributed by atoms with Crippen molar-refractivity contribution in [2.45, 2.75) is 6.92 Å². The molecule has 0 amide bonds. The van der Waals surface area contributed by atoms with Crippen molar-refractivity contribution in [3.8, 4) is 11.3 Å². The Balaban J connectivity index is 2.23. The van der Waals surface area contributed by atoms with Crippen LogP contribution in [0.25, 0.3) is 11.3 Å². The van der Waals surface area contributed by atoms with Crippen LogP contribution in [-0.2, 0) is 4.74 Å². The van der Waals surface area contributed by atoms with E-state index in [-0.39, 0.29) is 11.8 Å². The van der Waals surface area contributed by atoms with Crippen LogP contribution >= 0.6 is 0 Å². The van der Waals surface area contributed by atoms with E-state index < -0.39 is 0 Å². The van der Waals surface area contributed by atoms with Crippen molar-refractivity contribution in [1.29, 1.82) is 0 Å². The fourth-order valence-corrected chi connectivity index (χ4v) is 1.52. The molecular weight excluding hydrogens is 221 g/mol. The molecule has 0 unspecified atom stereocenters. The number of esters is 1. The molecule has 0 saturated heterocycles. The molecule has 0 spiro atoms. The van der Waals surface area contributed by atoms with Crippen LogP contribution in [0.1, 0.15) is 17.4 Å². The lowest BCUT2D eigenvalue weighted by Crippen LogP contribution is -2.04. The largest absolute Gasteiger partial charge is 0.461 e. The summed E-state index contributed by atoms with van der Waals surface area (Å²) in [4.78, 5) is 14.4. The topological polar surface area (TPSA) is 42.1 Å². The summed E-state index contributed by atoms with van der Waals surface area (Å²) in [5, 5.41) is 0. The number of aromatic amines is 1. The van der Waals surface area contributed by atoms with Gasteiger partial charge in [0.2, 0.25) is 0 Å². The average molecular weight is 233 g/mol. The summed E-state index contributed by atoms with van der Waals surface area (Å²) in [7, 11) is 0. The first-order chi connectivity index (χ1) is 8.20. The normalized spacial score (nSPS) is 10.2. The van der Waals surface area contributed by atoms with E-state index in [1.54, 1.807) is 31.2 Å². The highest BCUT2D eigenvalue weighted by molar-refractivity contribution is 5.88. The number of rotatable bonds is 3. The lowest BCUT2D eigenvalue weighted by Gasteiger charge is -1.99. The van der Waals surface area contributed by atoms with Gasteiger partial charge in [-0.3, -0.25) is 0 Å². The van der Waals surface area contributed by atoms with Gasteiger partial charge in [-0.2, -0.15) is 0 Å². The molecule has 0 radical (unpaired) electrons. The molecule has 4 heteroatoms. The lowest BCUT2D eigenvalue weighted by atomic mass is 10.1. The van der Waals surface area contributed by atoms with Crippen LogP contribution in [0.3, 0.4) is 0 Å². The maximum atomic E-state index is 12.8. The van der Waals surface area contributed by atoms with Crippen molar-refractivity contribution in [2.24, 2.45) is 0 Å². The van der Waals surface area contributed by atoms with Crippen molar-refractivity contribution in [1.82, 2.24) is 4.98 Å². The van der Waals surface area contributed by atoms with E-state index in [4.69, 9.17) is 4.74 Å². The third-order valence-electron chi connectivity index (χ3n) is 2.34. The maximum Gasteiger partial charge on any atom is 0.354 e. The molecule has 2 aromatic rings. The zero-order valence-electron chi connectivity index (χ0n) is 9.37. The zero-order chi connectivity index (χ0) is 12.3. The van der Waals surface area contributed by atoms with Gasteiger partial charge in [0, 0.05) is 5.69 Å². The molecular formula is C13H12FNO2. The summed E-state index contributed by atoms with van der Waals surface area (Å²) >= 11 is 0. The van der Waals surface area contributed by atoms with Gasteiger partial charge in [0.05, 0.1) is 6.61 Å². The molecule has 2 rings (SSSR count). The third kappa shape index (κ3) is 2.53. The molecule has 0 saturated carbocycles. The van der Waals surface area contributed by atoms with Gasteiger partial charge in [0.25, 0.3) is 0 Å². The van der Waals surface area contributed by atoms with Crippen LogP contribution in [0.15, 0.2) is 36.4 Å². The Morgan fingerprint density at radius 3 is 2.59 bits per heavy atom. The Morgan fingerprint density at radius 2 is 1.94 bits per heavy atom. The Hall–Kier alpha value is -2.10. The Bertz CT molecular complexity index is 516. The van der Waals surface area contributed by atoms with Gasteiger partial charge in [-0.25, -0.2) is 9.18 Å². The van der Waals surface area contributed by atoms with E-state index in [2.05, 4.69) is 4.98 Å². The molecule has 0 atom stereocenters. The van der Waals surface area contributed by atoms with Gasteiger partial charge in [0.15, 0.2) is 0 Å². The Kier molecular flexibility index (Phi) is 3.23. The number of aromatic nitrogens is 1. The average Bonchev–Trinajstić information content (AvgIpc) is 2.80. The van der Waals surface area contributed by atoms with Crippen molar-refractivity contribution in [3.63, 3.8) is 0 Å². The molecule has 0 bridgehead atoms. The molecule has 3 nitrogen and oxygen atoms in total. The highest BCUT2D eigenvalue weighted by atomic mass is 19.1. The number of carbonyl (C=O) groups is 1. The molecule has 1 heterocycles. The number of halogens is 1. The zero-order valence-corrected chi connectivity index (χ0v) is 9.37. The molecule has 1 aromatic heterocycles. The van der Waals surface area contributed by atoms with Gasteiger partial charge < -0.3 is 9.72 Å². The lowest BCUT2D eigenvalue weighted by molar-refractivity contribution is 0.0520. The summed E-state index contributed by atoms with van der Waals surface area (Å²) in [6.45, 7) is 2.09. The number of H-pyrrole nitrogens is 1. The second-order valence-corrected chi connectivity index (χ2v) is 3.51. The van der Waals surface area contributed by atoms with Gasteiger partial charge in [0.1, 0.15) is 11.5 Å². The monoisotopic (exact) mass is 233 g/mol. The van der Waals surface area contributed by atoms with E-state index in [0.717, 1.165) is 11.3 Å². The van der Waals surface area contributed by atoms with E-state index >= 15 is 0 Å². The van der Waals surface area contributed by atoms with E-state index in [1.807, 2.05) is 0 Å². The number of benzene rings is 1. The predicted octanol–water partition coefficient (Wildman–Crippen LogP) is 3.00. The number of hydrogen-bond donors (Lipinski definition) is 1. The molecule has 0 aliphatic heterocycles. The molecule has 0 fully saturated rings. The first-order valence-electron chi connectivity index (χ1n) is 5.33. The molecule has 1 aromatic carbocycles. The van der Waals surface area contributed by atoms with Crippen molar-refractivity contribution < 1.29 is 13.9 Å². The molecule has 1 N–H and O–H groups in total. The Morgan fingerprint density at radius 1 is 1.24 bits per heavy atom. The van der Waals surface area contributed by atoms with Crippen molar-refractivity contribution in [2.75, 3.05) is 6.61 Å². The summed E-state index contributed by atoms with van der Waals surface area (Å²) in [5.74, 6) is -0.674. The van der Waals surface area contributed by atoms with Crippen molar-refractivity contribution >= 4 is 5.97 Å². The summed E-state index contributed by atoms with van der Waals surface area (Å²) in [6, 6.07) is 9.46. The van der Waals surface area contributed by atoms with Gasteiger partial charge >= 0.3 is 5.97 Å². The van der Waals surface area contributed by atoms with E-state index in [1.165, 1.54) is 12.1 Å². The van der Waals surface area contributed by atoms with Crippen LogP contribution in [0.2, 0.25) is 0 Å². The third-order valence-corrected chi connectivity index (χ3v) is 2.34. The minimum absolute atomic E-state index is 0.286. The fraction of sp³-hybridized carbons (Fsp3) is 0.154. The van der Waals surface area contributed by atoms with Crippen LogP contribution in [0.5, 0.6) is 0 Å². The van der Waals surface area contributed by atoms with Crippen LogP contribution in [0, 0.1) is 5.82 Å². The first kappa shape index (κ1) is 11.4. The van der Waals surface area contributed by atoms with E-state index in [9.17, 15) is 9.18 Å². The summed E-state index contributed by atoms with van der Waals surface area (Å²) in [5.41, 5.74) is 1.97. The molecule has 88 valence electrons. The number of hydrogen-bond acceptors (Lipinski definition) is 2. The van der Waals surface area contributed by atoms with Gasteiger partial charge in [-0.1, -0.05) is 0 Å². The number of carbonyl (C=O) groups excluding carboxylic acids is 1. The first-order valence-corrected chi connectivity index (χ1v) is 5.33. The van der Waals surface area contributed by atoms with E-state index in [0.29, 0.717) is 12.3 Å². The van der Waals surface area contributed by atoms with Gasteiger partial charge in [-0.15, -0.1) is 0 Å². The number of nitrogens with one attached hydrogen (secondary N) is 1. The molecule has 0 aliphatic rings. The predicted molar refractivity (Wildman–Crippen MR) is 62.1 cm³/mol. The molecule has 17 heavy (non-hydrogen) atoms. The number of ether oxygens (including phenoxy) is 1. The highest BCUT2D eigenvalue weighted by Crippen LogP contribution is 2.19. The quantitative estimate of drug-likeness (QED) is 0.828. The smallest absolute Gasteiger partial charge is 0.354 e. The maximum absolute atomic E-state index is 12.8. The second kappa shape index (κ2) is 4.82. The standard InChI is InChI=1S/C13H12FNO2/c1-2-17-13(16)12-8-7-11(15-12)9-3-5-10(14)6-4-9/h3-8,15H,2H2,1H3. The minimum Gasteiger partial charge on any atom is -0.461 e. The molecule has 0 aliphatic carbocycles. The van der Waals surface area contributed by atoms with Crippen molar-refractivity contribution in [3.05, 3.63) is 47.9 Å². The summed E-state index contributed by atoms with van der Waals surface area (Å²) < 4.78 is 17.6. The fourth-order valence-electron chi connectivity index (χ4n) is 1.52. The van der Waals surface area contributed by atoms with Gasteiger partial charge in [-0.05, 0) is 48.9 Å². The second-order valence-electron chi connectivity index (χ2n) is 3.51.